The van der Waals surface area contributed by atoms with Crippen LogP contribution in [0.2, 0.25) is 0 Å². The van der Waals surface area contributed by atoms with Gasteiger partial charge < -0.3 is 15.0 Å². The van der Waals surface area contributed by atoms with Gasteiger partial charge in [-0.1, -0.05) is 32.1 Å². The second-order valence-electron chi connectivity index (χ2n) is 6.27. The maximum Gasteiger partial charge on any atom is 0.245 e. The highest BCUT2D eigenvalue weighted by atomic mass is 16.5. The van der Waals surface area contributed by atoms with Crippen molar-refractivity contribution in [2.75, 3.05) is 26.3 Å². The Morgan fingerprint density at radius 2 is 1.86 bits per heavy atom. The highest BCUT2D eigenvalue weighted by molar-refractivity contribution is 5.87. The van der Waals surface area contributed by atoms with Crippen LogP contribution in [0.3, 0.4) is 0 Å². The van der Waals surface area contributed by atoms with Gasteiger partial charge >= 0.3 is 0 Å². The molecule has 2 fully saturated rings. The summed E-state index contributed by atoms with van der Waals surface area (Å²) >= 11 is 0. The van der Waals surface area contributed by atoms with E-state index >= 15 is 0 Å². The molecule has 1 unspecified atom stereocenters. The number of hydrogen-bond acceptors (Lipinski definition) is 3. The van der Waals surface area contributed by atoms with Gasteiger partial charge in [-0.05, 0) is 19.3 Å². The van der Waals surface area contributed by atoms with E-state index in [-0.39, 0.29) is 11.8 Å². The summed E-state index contributed by atoms with van der Waals surface area (Å²) in [5.41, 5.74) is 0. The lowest BCUT2D eigenvalue weighted by molar-refractivity contribution is -0.139. The van der Waals surface area contributed by atoms with Crippen molar-refractivity contribution in [3.63, 3.8) is 0 Å². The third-order valence-electron chi connectivity index (χ3n) is 4.58. The van der Waals surface area contributed by atoms with E-state index in [0.29, 0.717) is 38.6 Å². The smallest absolute Gasteiger partial charge is 0.245 e. The molecule has 1 saturated heterocycles. The number of amides is 2. The fourth-order valence-electron chi connectivity index (χ4n) is 3.24. The van der Waals surface area contributed by atoms with Crippen molar-refractivity contribution in [1.29, 1.82) is 0 Å². The summed E-state index contributed by atoms with van der Waals surface area (Å²) in [5.74, 6) is 0.716. The van der Waals surface area contributed by atoms with Gasteiger partial charge in [0, 0.05) is 19.5 Å². The fraction of sp³-hybridized carbons (Fsp3) is 0.875. The van der Waals surface area contributed by atoms with Gasteiger partial charge in [-0.2, -0.15) is 0 Å². The van der Waals surface area contributed by atoms with Gasteiger partial charge in [-0.25, -0.2) is 0 Å². The van der Waals surface area contributed by atoms with E-state index in [1.165, 1.54) is 32.1 Å². The molecule has 1 aliphatic heterocycles. The van der Waals surface area contributed by atoms with E-state index in [2.05, 4.69) is 5.32 Å². The topological polar surface area (TPSA) is 58.6 Å². The largest absolute Gasteiger partial charge is 0.378 e. The summed E-state index contributed by atoms with van der Waals surface area (Å²) in [4.78, 5) is 25.9. The zero-order valence-electron chi connectivity index (χ0n) is 13.1. The molecule has 21 heavy (non-hydrogen) atoms. The number of ether oxygens (including phenoxy) is 1. The van der Waals surface area contributed by atoms with Crippen molar-refractivity contribution in [3.05, 3.63) is 0 Å². The second-order valence-corrected chi connectivity index (χ2v) is 6.27. The minimum Gasteiger partial charge on any atom is -0.378 e. The Balaban J connectivity index is 1.67. The van der Waals surface area contributed by atoms with E-state index in [4.69, 9.17) is 4.74 Å². The van der Waals surface area contributed by atoms with Crippen LogP contribution < -0.4 is 5.32 Å². The van der Waals surface area contributed by atoms with E-state index < -0.39 is 6.04 Å². The fourth-order valence-corrected chi connectivity index (χ4v) is 3.24. The first-order valence-electron chi connectivity index (χ1n) is 8.32. The lowest BCUT2D eigenvalue weighted by atomic mass is 9.86. The molecule has 1 atom stereocenters. The molecular formula is C16H28N2O3. The lowest BCUT2D eigenvalue weighted by Crippen LogP contribution is -2.50. The Kier molecular flexibility index (Phi) is 6.49. The first-order chi connectivity index (χ1) is 10.2. The van der Waals surface area contributed by atoms with Crippen LogP contribution in [0.25, 0.3) is 0 Å². The molecule has 0 aromatic rings. The minimum absolute atomic E-state index is 0.00400. The Morgan fingerprint density at radius 3 is 2.52 bits per heavy atom. The van der Waals surface area contributed by atoms with Gasteiger partial charge in [0.2, 0.25) is 11.8 Å². The average molecular weight is 296 g/mol. The van der Waals surface area contributed by atoms with Gasteiger partial charge in [0.05, 0.1) is 13.2 Å². The molecule has 0 aromatic heterocycles. The van der Waals surface area contributed by atoms with Crippen molar-refractivity contribution in [1.82, 2.24) is 10.2 Å². The molecule has 2 amide bonds. The monoisotopic (exact) mass is 296 g/mol. The summed E-state index contributed by atoms with van der Waals surface area (Å²) in [6, 6.07) is -0.429. The number of carbonyl (C=O) groups is 2. The van der Waals surface area contributed by atoms with Crippen LogP contribution in [0.15, 0.2) is 0 Å². The number of rotatable bonds is 5. The molecule has 0 aromatic carbocycles. The molecular weight excluding hydrogens is 268 g/mol. The van der Waals surface area contributed by atoms with Crippen LogP contribution >= 0.6 is 0 Å². The summed E-state index contributed by atoms with van der Waals surface area (Å²) in [7, 11) is 0. The highest BCUT2D eigenvalue weighted by Crippen LogP contribution is 2.27. The first kappa shape index (κ1) is 16.3. The van der Waals surface area contributed by atoms with Crippen LogP contribution in [-0.4, -0.2) is 49.1 Å². The number of hydrogen-bond donors (Lipinski definition) is 1. The molecule has 5 heteroatoms. The number of morpholine rings is 1. The van der Waals surface area contributed by atoms with Crippen LogP contribution in [0, 0.1) is 5.92 Å². The van der Waals surface area contributed by atoms with Crippen LogP contribution in [-0.2, 0) is 14.3 Å². The minimum atomic E-state index is -0.429. The summed E-state index contributed by atoms with van der Waals surface area (Å²) in [6.45, 7) is 4.21. The Labute approximate surface area is 127 Å². The van der Waals surface area contributed by atoms with Crippen molar-refractivity contribution >= 4 is 11.8 Å². The highest BCUT2D eigenvalue weighted by Gasteiger charge is 2.24. The van der Waals surface area contributed by atoms with Crippen molar-refractivity contribution in [2.45, 2.75) is 57.9 Å². The molecule has 120 valence electrons. The van der Waals surface area contributed by atoms with Crippen LogP contribution in [0.5, 0.6) is 0 Å². The molecule has 0 bridgehead atoms. The summed E-state index contributed by atoms with van der Waals surface area (Å²) in [5, 5.41) is 2.85. The third-order valence-corrected chi connectivity index (χ3v) is 4.58. The normalized spacial score (nSPS) is 21.9. The maximum absolute atomic E-state index is 12.2. The predicted molar refractivity (Wildman–Crippen MR) is 80.8 cm³/mol. The van der Waals surface area contributed by atoms with Crippen LogP contribution in [0.1, 0.15) is 51.9 Å². The molecule has 1 aliphatic carbocycles. The summed E-state index contributed by atoms with van der Waals surface area (Å²) < 4.78 is 5.24. The number of nitrogens with zero attached hydrogens (tertiary/aromatic N) is 1. The van der Waals surface area contributed by atoms with Gasteiger partial charge in [0.15, 0.2) is 0 Å². The van der Waals surface area contributed by atoms with Gasteiger partial charge in [-0.3, -0.25) is 9.59 Å². The molecule has 1 saturated carbocycles. The van der Waals surface area contributed by atoms with E-state index in [1.807, 2.05) is 0 Å². The Hall–Kier alpha value is -1.10. The summed E-state index contributed by atoms with van der Waals surface area (Å²) in [6.07, 6.45) is 7.98. The molecule has 1 heterocycles. The van der Waals surface area contributed by atoms with Gasteiger partial charge in [0.1, 0.15) is 6.04 Å². The van der Waals surface area contributed by atoms with Gasteiger partial charge in [-0.15, -0.1) is 0 Å². The molecule has 0 spiro atoms. The molecule has 5 nitrogen and oxygen atoms in total. The van der Waals surface area contributed by atoms with E-state index in [9.17, 15) is 9.59 Å². The van der Waals surface area contributed by atoms with Crippen molar-refractivity contribution in [2.24, 2.45) is 5.92 Å². The van der Waals surface area contributed by atoms with Crippen molar-refractivity contribution in [3.8, 4) is 0 Å². The lowest BCUT2D eigenvalue weighted by Gasteiger charge is -2.29. The third kappa shape index (κ3) is 5.30. The molecule has 0 radical (unpaired) electrons. The number of carbonyl (C=O) groups excluding carboxylic acids is 2. The second kappa shape index (κ2) is 8.37. The number of nitrogens with one attached hydrogen (secondary N) is 1. The zero-order valence-corrected chi connectivity index (χ0v) is 13.1. The quantitative estimate of drug-likeness (QED) is 0.840. The van der Waals surface area contributed by atoms with Gasteiger partial charge in [0.25, 0.3) is 0 Å². The zero-order chi connectivity index (χ0) is 15.1. The SMILES string of the molecule is CC(NC(=O)CCC1CCCCC1)C(=O)N1CCOCC1. The standard InChI is InChI=1S/C16H28N2O3/c1-13(16(20)18-9-11-21-12-10-18)17-15(19)8-7-14-5-3-2-4-6-14/h13-14H,2-12H2,1H3,(H,17,19). The van der Waals surface area contributed by atoms with E-state index in [0.717, 1.165) is 6.42 Å². The maximum atomic E-state index is 12.2. The average Bonchev–Trinajstić information content (AvgIpc) is 2.54. The molecule has 2 aliphatic rings. The molecule has 2 rings (SSSR count). The van der Waals surface area contributed by atoms with Crippen molar-refractivity contribution < 1.29 is 14.3 Å². The van der Waals surface area contributed by atoms with E-state index in [1.54, 1.807) is 11.8 Å². The Bertz CT molecular complexity index is 347. The molecule has 1 N–H and O–H groups in total. The Morgan fingerprint density at radius 1 is 1.19 bits per heavy atom. The first-order valence-corrected chi connectivity index (χ1v) is 8.32. The van der Waals surface area contributed by atoms with Crippen LogP contribution in [0.4, 0.5) is 0 Å². The predicted octanol–water partition coefficient (Wildman–Crippen LogP) is 1.71.